The number of ketones is 1. The molecule has 32 heavy (non-hydrogen) atoms. The molecule has 0 aliphatic heterocycles. The number of nitrogens with one attached hydrogen (secondary N) is 2. The van der Waals surface area contributed by atoms with Gasteiger partial charge < -0.3 is 10.1 Å². The quantitative estimate of drug-likeness (QED) is 0.397. The molecule has 0 unspecified atom stereocenters. The van der Waals surface area contributed by atoms with E-state index < -0.39 is 11.8 Å². The van der Waals surface area contributed by atoms with E-state index in [-0.39, 0.29) is 11.4 Å². The van der Waals surface area contributed by atoms with Crippen molar-refractivity contribution in [2.45, 2.75) is 20.8 Å². The largest absolute Gasteiger partial charge is 0.497 e. The van der Waals surface area contributed by atoms with E-state index in [1.165, 1.54) is 24.3 Å². The summed E-state index contributed by atoms with van der Waals surface area (Å²) in [6.07, 6.45) is 1.22. The molecule has 1 aromatic heterocycles. The summed E-state index contributed by atoms with van der Waals surface area (Å²) in [5.74, 6) is -0.156. The molecule has 8 heteroatoms. The Bertz CT molecular complexity index is 1180. The molecule has 0 fully saturated rings. The number of Topliss-reactive ketones (excluding diaryl/α,β-unsaturated/α-hetero) is 1. The number of amides is 2. The molecule has 2 aromatic carbocycles. The average molecular weight is 450 g/mol. The lowest BCUT2D eigenvalue weighted by Crippen LogP contribution is -2.16. The molecule has 0 saturated carbocycles. The summed E-state index contributed by atoms with van der Waals surface area (Å²) in [5.41, 5.74) is 3.02. The maximum absolute atomic E-state index is 12.5. The van der Waals surface area contributed by atoms with E-state index in [0.717, 1.165) is 21.9 Å². The number of aromatic nitrogens is 1. The Balaban J connectivity index is 1.65. The smallest absolute Gasteiger partial charge is 0.253 e. The summed E-state index contributed by atoms with van der Waals surface area (Å²) in [4.78, 5) is 41.6. The molecule has 0 aliphatic rings. The Labute approximate surface area is 190 Å². The van der Waals surface area contributed by atoms with E-state index in [2.05, 4.69) is 15.6 Å². The fourth-order valence-corrected chi connectivity index (χ4v) is 3.72. The first-order valence-electron chi connectivity index (χ1n) is 9.80. The number of nitrogens with zero attached hydrogens (tertiary/aromatic N) is 1. The van der Waals surface area contributed by atoms with Crippen LogP contribution >= 0.6 is 11.3 Å². The highest BCUT2D eigenvalue weighted by Crippen LogP contribution is 2.31. The van der Waals surface area contributed by atoms with Crippen LogP contribution in [0.15, 0.2) is 60.2 Å². The first kappa shape index (κ1) is 22.9. The standard InChI is InChI=1S/C24H23N3O4S/c1-14(13-21(29)25-19-9-5-17(6-10-19)15(2)28)23(30)27-24-26-22(16(3)32-24)18-7-11-20(31-4)12-8-18/h5-13H,1-4H3,(H,25,29)(H,26,27,30)/b14-13-. The zero-order valence-corrected chi connectivity index (χ0v) is 19.0. The SMILES string of the molecule is COc1ccc(-c2nc(NC(=O)/C(C)=C\C(=O)Nc3ccc(C(C)=O)cc3)sc2C)cc1. The molecule has 0 saturated heterocycles. The topological polar surface area (TPSA) is 97.4 Å². The Morgan fingerprint density at radius 2 is 1.62 bits per heavy atom. The summed E-state index contributed by atoms with van der Waals surface area (Å²) < 4.78 is 5.18. The molecule has 3 aromatic rings. The number of benzene rings is 2. The van der Waals surface area contributed by atoms with Crippen LogP contribution in [-0.2, 0) is 9.59 Å². The number of thiazole rings is 1. The highest BCUT2D eigenvalue weighted by Gasteiger charge is 2.14. The maximum atomic E-state index is 12.5. The number of rotatable bonds is 7. The third-order valence-electron chi connectivity index (χ3n) is 4.65. The highest BCUT2D eigenvalue weighted by atomic mass is 32.1. The third-order valence-corrected chi connectivity index (χ3v) is 5.53. The van der Waals surface area contributed by atoms with E-state index >= 15 is 0 Å². The van der Waals surface area contributed by atoms with Gasteiger partial charge in [-0.15, -0.1) is 11.3 Å². The number of anilines is 2. The molecule has 0 aliphatic carbocycles. The number of carbonyl (C=O) groups is 3. The minimum Gasteiger partial charge on any atom is -0.497 e. The van der Waals surface area contributed by atoms with Gasteiger partial charge in [0.15, 0.2) is 10.9 Å². The van der Waals surface area contributed by atoms with Gasteiger partial charge in [-0.1, -0.05) is 0 Å². The molecular formula is C24H23N3O4S. The van der Waals surface area contributed by atoms with Crippen LogP contribution < -0.4 is 15.4 Å². The molecular weight excluding hydrogens is 426 g/mol. The van der Waals surface area contributed by atoms with Gasteiger partial charge in [-0.25, -0.2) is 4.98 Å². The lowest BCUT2D eigenvalue weighted by Gasteiger charge is -2.05. The molecule has 7 nitrogen and oxygen atoms in total. The van der Waals surface area contributed by atoms with Crippen molar-refractivity contribution in [2.75, 3.05) is 17.7 Å². The monoisotopic (exact) mass is 449 g/mol. The summed E-state index contributed by atoms with van der Waals surface area (Å²) in [6, 6.07) is 14.1. The second-order valence-electron chi connectivity index (χ2n) is 7.06. The summed E-state index contributed by atoms with van der Waals surface area (Å²) in [6.45, 7) is 4.96. The van der Waals surface area contributed by atoms with Crippen molar-refractivity contribution in [3.63, 3.8) is 0 Å². The zero-order chi connectivity index (χ0) is 23.3. The van der Waals surface area contributed by atoms with Crippen LogP contribution in [0.5, 0.6) is 5.75 Å². The lowest BCUT2D eigenvalue weighted by atomic mass is 10.1. The first-order valence-corrected chi connectivity index (χ1v) is 10.6. The van der Waals surface area contributed by atoms with Crippen LogP contribution in [0.2, 0.25) is 0 Å². The van der Waals surface area contributed by atoms with Crippen molar-refractivity contribution in [1.29, 1.82) is 0 Å². The van der Waals surface area contributed by atoms with Crippen molar-refractivity contribution >= 4 is 39.8 Å². The maximum Gasteiger partial charge on any atom is 0.253 e. The molecule has 3 rings (SSSR count). The Morgan fingerprint density at radius 1 is 0.969 bits per heavy atom. The molecule has 164 valence electrons. The van der Waals surface area contributed by atoms with E-state index in [1.54, 1.807) is 38.3 Å². The van der Waals surface area contributed by atoms with Gasteiger partial charge in [0.2, 0.25) is 5.91 Å². The number of methoxy groups -OCH3 is 1. The Morgan fingerprint density at radius 3 is 2.22 bits per heavy atom. The molecule has 0 atom stereocenters. The number of hydrogen-bond donors (Lipinski definition) is 2. The Hall–Kier alpha value is -3.78. The van der Waals surface area contributed by atoms with Gasteiger partial charge >= 0.3 is 0 Å². The summed E-state index contributed by atoms with van der Waals surface area (Å²) in [7, 11) is 1.61. The summed E-state index contributed by atoms with van der Waals surface area (Å²) >= 11 is 1.36. The van der Waals surface area contributed by atoms with Gasteiger partial charge in [0, 0.05) is 33.3 Å². The van der Waals surface area contributed by atoms with Gasteiger partial charge in [0.05, 0.1) is 12.8 Å². The highest BCUT2D eigenvalue weighted by molar-refractivity contribution is 7.16. The van der Waals surface area contributed by atoms with E-state index in [4.69, 9.17) is 4.74 Å². The van der Waals surface area contributed by atoms with E-state index in [9.17, 15) is 14.4 Å². The number of aryl methyl sites for hydroxylation is 1. The van der Waals surface area contributed by atoms with Gasteiger partial charge in [-0.05, 0) is 69.3 Å². The minimum atomic E-state index is -0.442. The second kappa shape index (κ2) is 10.0. The molecule has 0 radical (unpaired) electrons. The Kier molecular flexibility index (Phi) is 7.17. The summed E-state index contributed by atoms with van der Waals surface area (Å²) in [5, 5.41) is 5.86. The molecule has 0 spiro atoms. The molecule has 0 bridgehead atoms. The van der Waals surface area contributed by atoms with Crippen LogP contribution in [0.4, 0.5) is 10.8 Å². The predicted molar refractivity (Wildman–Crippen MR) is 126 cm³/mol. The zero-order valence-electron chi connectivity index (χ0n) is 18.2. The van der Waals surface area contributed by atoms with Crippen LogP contribution in [-0.4, -0.2) is 29.7 Å². The first-order chi connectivity index (χ1) is 15.3. The van der Waals surface area contributed by atoms with Gasteiger partial charge in [0.1, 0.15) is 5.75 Å². The lowest BCUT2D eigenvalue weighted by molar-refractivity contribution is -0.114. The molecule has 1 heterocycles. The van der Waals surface area contributed by atoms with Crippen molar-refractivity contribution in [3.8, 4) is 17.0 Å². The normalized spacial score (nSPS) is 11.1. The van der Waals surface area contributed by atoms with Crippen LogP contribution in [0, 0.1) is 6.92 Å². The number of hydrogen-bond acceptors (Lipinski definition) is 6. The fraction of sp³-hybridized carbons (Fsp3) is 0.167. The van der Waals surface area contributed by atoms with E-state index in [0.29, 0.717) is 16.4 Å². The van der Waals surface area contributed by atoms with Gasteiger partial charge in [-0.2, -0.15) is 0 Å². The third kappa shape index (κ3) is 5.67. The average Bonchev–Trinajstić information content (AvgIpc) is 3.13. The van der Waals surface area contributed by atoms with Gasteiger partial charge in [-0.3, -0.25) is 19.7 Å². The minimum absolute atomic E-state index is 0.0529. The van der Waals surface area contributed by atoms with Crippen LogP contribution in [0.1, 0.15) is 29.1 Å². The number of ether oxygens (including phenoxy) is 1. The molecule has 2 amide bonds. The van der Waals surface area contributed by atoms with Crippen molar-refractivity contribution in [1.82, 2.24) is 4.98 Å². The predicted octanol–water partition coefficient (Wildman–Crippen LogP) is 4.85. The van der Waals surface area contributed by atoms with Gasteiger partial charge in [0.25, 0.3) is 5.91 Å². The number of carbonyl (C=O) groups excluding carboxylic acids is 3. The van der Waals surface area contributed by atoms with Crippen molar-refractivity contribution in [3.05, 3.63) is 70.6 Å². The van der Waals surface area contributed by atoms with Crippen LogP contribution in [0.3, 0.4) is 0 Å². The van der Waals surface area contributed by atoms with Crippen LogP contribution in [0.25, 0.3) is 11.3 Å². The second-order valence-corrected chi connectivity index (χ2v) is 8.26. The van der Waals surface area contributed by atoms with Crippen molar-refractivity contribution in [2.24, 2.45) is 0 Å². The van der Waals surface area contributed by atoms with Crippen molar-refractivity contribution < 1.29 is 19.1 Å². The fourth-order valence-electron chi connectivity index (χ4n) is 2.89. The van der Waals surface area contributed by atoms with E-state index in [1.807, 2.05) is 31.2 Å². The molecule has 2 N–H and O–H groups in total.